The maximum atomic E-state index is 12.1. The molecule has 0 aliphatic heterocycles. The minimum Gasteiger partial charge on any atom is -0.507 e. The van der Waals surface area contributed by atoms with Crippen LogP contribution in [0.2, 0.25) is 0 Å². The predicted molar refractivity (Wildman–Crippen MR) is 89.6 cm³/mol. The number of aliphatic carboxylic acids is 1. The Hall–Kier alpha value is -2.35. The van der Waals surface area contributed by atoms with Crippen LogP contribution in [0, 0.1) is 5.92 Å². The Balaban J connectivity index is 0.00000288. The number of carboxylic acids is 1. The average Bonchev–Trinajstić information content (AvgIpc) is 2.99. The van der Waals surface area contributed by atoms with Crippen LogP contribution in [0.5, 0.6) is 5.75 Å². The van der Waals surface area contributed by atoms with Crippen molar-refractivity contribution in [2.45, 2.75) is 33.1 Å². The number of carboxylic acid groups (broad SMARTS) is 1. The second-order valence-electron chi connectivity index (χ2n) is 5.35. The summed E-state index contributed by atoms with van der Waals surface area (Å²) >= 11 is 0. The third-order valence-corrected chi connectivity index (χ3v) is 3.88. The molecule has 8 nitrogen and oxygen atoms in total. The van der Waals surface area contributed by atoms with Crippen molar-refractivity contribution in [3.63, 3.8) is 0 Å². The van der Waals surface area contributed by atoms with Gasteiger partial charge in [0, 0.05) is 11.8 Å². The highest BCUT2D eigenvalue weighted by Gasteiger charge is 2.21. The summed E-state index contributed by atoms with van der Waals surface area (Å²) in [6.45, 7) is 3.66. The Morgan fingerprint density at radius 2 is 2.00 bits per heavy atom. The van der Waals surface area contributed by atoms with Crippen LogP contribution in [0.1, 0.15) is 42.7 Å². The first kappa shape index (κ1) is 19.7. The number of amides is 1. The maximum Gasteiger partial charge on any atom is 0.322 e. The van der Waals surface area contributed by atoms with E-state index in [1.54, 1.807) is 0 Å². The zero-order chi connectivity index (χ0) is 17.0. The van der Waals surface area contributed by atoms with Gasteiger partial charge >= 0.3 is 5.97 Å². The summed E-state index contributed by atoms with van der Waals surface area (Å²) in [5, 5.41) is 25.2. The summed E-state index contributed by atoms with van der Waals surface area (Å²) in [5.41, 5.74) is 0.907. The fourth-order valence-electron chi connectivity index (χ4n) is 2.51. The molecule has 1 amide bonds. The van der Waals surface area contributed by atoms with Crippen LogP contribution in [0.25, 0.3) is 5.65 Å². The van der Waals surface area contributed by atoms with Gasteiger partial charge in [-0.3, -0.25) is 9.59 Å². The lowest BCUT2D eigenvalue weighted by Gasteiger charge is -2.15. The number of aromatic nitrogens is 3. The molecule has 2 heterocycles. The molecule has 0 radical (unpaired) electrons. The Kier molecular flexibility index (Phi) is 6.97. The molecule has 2 aromatic rings. The Labute approximate surface area is 145 Å². The van der Waals surface area contributed by atoms with Crippen molar-refractivity contribution in [3.8, 4) is 5.75 Å². The molecule has 0 bridgehead atoms. The van der Waals surface area contributed by atoms with Crippen LogP contribution in [-0.4, -0.2) is 43.2 Å². The van der Waals surface area contributed by atoms with Gasteiger partial charge in [-0.25, -0.2) is 9.50 Å². The molecule has 2 rings (SSSR count). The molecule has 0 unspecified atom stereocenters. The van der Waals surface area contributed by atoms with E-state index in [4.69, 9.17) is 5.11 Å². The number of carbonyl (C=O) groups is 2. The zero-order valence-corrected chi connectivity index (χ0v) is 14.3. The van der Waals surface area contributed by atoms with E-state index in [9.17, 15) is 14.7 Å². The minimum atomic E-state index is -1.17. The van der Waals surface area contributed by atoms with E-state index in [1.165, 1.54) is 16.9 Å². The van der Waals surface area contributed by atoms with E-state index >= 15 is 0 Å². The molecule has 0 aliphatic rings. The molecule has 0 spiro atoms. The van der Waals surface area contributed by atoms with Crippen molar-refractivity contribution in [1.82, 2.24) is 19.9 Å². The smallest absolute Gasteiger partial charge is 0.322 e. The SMILES string of the molecule is CCC(CC)Cc1cc(O)c(C(=O)NCC(=O)O)c2ncnn12.Cl. The average molecular weight is 357 g/mol. The molecule has 24 heavy (non-hydrogen) atoms. The van der Waals surface area contributed by atoms with Crippen LogP contribution in [0.3, 0.4) is 0 Å². The molecule has 0 fully saturated rings. The third kappa shape index (κ3) is 4.14. The van der Waals surface area contributed by atoms with Gasteiger partial charge in [-0.05, 0) is 12.3 Å². The van der Waals surface area contributed by atoms with E-state index in [0.29, 0.717) is 12.3 Å². The number of hydrogen-bond acceptors (Lipinski definition) is 5. The molecule has 0 saturated carbocycles. The van der Waals surface area contributed by atoms with E-state index in [1.807, 2.05) is 0 Å². The number of carbonyl (C=O) groups excluding carboxylic acids is 1. The van der Waals surface area contributed by atoms with E-state index in [0.717, 1.165) is 18.5 Å². The molecule has 132 valence electrons. The van der Waals surface area contributed by atoms with Gasteiger partial charge in [-0.15, -0.1) is 12.4 Å². The highest BCUT2D eigenvalue weighted by molar-refractivity contribution is 6.03. The minimum absolute atomic E-state index is 0. The van der Waals surface area contributed by atoms with Crippen LogP contribution < -0.4 is 5.32 Å². The fourth-order valence-corrected chi connectivity index (χ4v) is 2.51. The number of aromatic hydroxyl groups is 1. The van der Waals surface area contributed by atoms with Gasteiger partial charge in [0.05, 0.1) is 0 Å². The number of rotatable bonds is 7. The number of fused-ring (bicyclic) bond motifs is 1. The molecule has 2 aromatic heterocycles. The van der Waals surface area contributed by atoms with Crippen molar-refractivity contribution in [3.05, 3.63) is 23.7 Å². The zero-order valence-electron chi connectivity index (χ0n) is 13.5. The van der Waals surface area contributed by atoms with E-state index in [-0.39, 0.29) is 29.4 Å². The van der Waals surface area contributed by atoms with Gasteiger partial charge in [-0.1, -0.05) is 26.7 Å². The Morgan fingerprint density at radius 1 is 1.33 bits per heavy atom. The summed E-state index contributed by atoms with van der Waals surface area (Å²) in [6.07, 6.45) is 4.00. The molecular formula is C15H21ClN4O4. The first-order valence-corrected chi connectivity index (χ1v) is 7.52. The first-order valence-electron chi connectivity index (χ1n) is 7.52. The topological polar surface area (TPSA) is 117 Å². The molecule has 0 saturated heterocycles. The monoisotopic (exact) mass is 356 g/mol. The Bertz CT molecular complexity index is 728. The highest BCUT2D eigenvalue weighted by atomic mass is 35.5. The van der Waals surface area contributed by atoms with Gasteiger partial charge in [0.1, 0.15) is 24.2 Å². The van der Waals surface area contributed by atoms with Crippen molar-refractivity contribution in [2.24, 2.45) is 5.92 Å². The van der Waals surface area contributed by atoms with Crippen LogP contribution in [0.4, 0.5) is 0 Å². The van der Waals surface area contributed by atoms with Gasteiger partial charge in [0.25, 0.3) is 5.91 Å². The van der Waals surface area contributed by atoms with Gasteiger partial charge in [0.2, 0.25) is 0 Å². The van der Waals surface area contributed by atoms with Crippen LogP contribution in [-0.2, 0) is 11.2 Å². The number of halogens is 1. The number of nitrogens with zero attached hydrogens (tertiary/aromatic N) is 3. The second kappa shape index (κ2) is 8.49. The lowest BCUT2D eigenvalue weighted by atomic mass is 9.97. The molecular weight excluding hydrogens is 336 g/mol. The largest absolute Gasteiger partial charge is 0.507 e. The summed E-state index contributed by atoms with van der Waals surface area (Å²) in [6, 6.07) is 1.50. The number of pyridine rings is 1. The standard InChI is InChI=1S/C15H20N4O4.ClH/c1-3-9(4-2)5-10-6-11(20)13(14-17-8-18-19(10)14)15(23)16-7-12(21)22;/h6,8-9,20H,3-5,7H2,1-2H3,(H,16,23)(H,21,22);1H. The highest BCUT2D eigenvalue weighted by Crippen LogP contribution is 2.25. The Morgan fingerprint density at radius 3 is 2.58 bits per heavy atom. The van der Waals surface area contributed by atoms with Gasteiger partial charge in [-0.2, -0.15) is 5.10 Å². The summed E-state index contributed by atoms with van der Waals surface area (Å²) < 4.78 is 1.52. The predicted octanol–water partition coefficient (Wildman–Crippen LogP) is 1.65. The second-order valence-corrected chi connectivity index (χ2v) is 5.35. The maximum absolute atomic E-state index is 12.1. The summed E-state index contributed by atoms with van der Waals surface area (Å²) in [5.74, 6) is -1.65. The van der Waals surface area contributed by atoms with Crippen molar-refractivity contribution in [1.29, 1.82) is 0 Å². The lowest BCUT2D eigenvalue weighted by molar-refractivity contribution is -0.135. The van der Waals surface area contributed by atoms with Crippen molar-refractivity contribution in [2.75, 3.05) is 6.54 Å². The van der Waals surface area contributed by atoms with E-state index < -0.39 is 18.4 Å². The molecule has 0 aliphatic carbocycles. The van der Waals surface area contributed by atoms with Gasteiger partial charge < -0.3 is 15.5 Å². The normalized spacial score (nSPS) is 10.6. The summed E-state index contributed by atoms with van der Waals surface area (Å²) in [7, 11) is 0. The number of nitrogens with one attached hydrogen (secondary N) is 1. The van der Waals surface area contributed by atoms with Crippen molar-refractivity contribution >= 4 is 29.9 Å². The lowest BCUT2D eigenvalue weighted by Crippen LogP contribution is -2.30. The fraction of sp³-hybridized carbons (Fsp3) is 0.467. The molecule has 9 heteroatoms. The molecule has 0 aromatic carbocycles. The third-order valence-electron chi connectivity index (χ3n) is 3.88. The molecule has 0 atom stereocenters. The first-order chi connectivity index (χ1) is 11.0. The van der Waals surface area contributed by atoms with Crippen molar-refractivity contribution < 1.29 is 19.8 Å². The summed E-state index contributed by atoms with van der Waals surface area (Å²) in [4.78, 5) is 26.7. The van der Waals surface area contributed by atoms with Crippen LogP contribution in [0.15, 0.2) is 12.4 Å². The quantitative estimate of drug-likeness (QED) is 0.694. The number of hydrogen-bond donors (Lipinski definition) is 3. The van der Waals surface area contributed by atoms with Crippen LogP contribution >= 0.6 is 12.4 Å². The van der Waals surface area contributed by atoms with Gasteiger partial charge in [0.15, 0.2) is 5.65 Å². The van der Waals surface area contributed by atoms with E-state index in [2.05, 4.69) is 29.2 Å². The molecule has 3 N–H and O–H groups in total.